The molecule has 2 atom stereocenters. The van der Waals surface area contributed by atoms with E-state index in [-0.39, 0.29) is 12.1 Å². The van der Waals surface area contributed by atoms with Crippen molar-refractivity contribution >= 4 is 5.97 Å². The largest absolute Gasteiger partial charge is 0.462 e. The summed E-state index contributed by atoms with van der Waals surface area (Å²) in [5, 5.41) is 3.33. The molecule has 0 spiro atoms. The molecular weight excluding hydrogens is 202 g/mol. The van der Waals surface area contributed by atoms with Crippen molar-refractivity contribution in [1.29, 1.82) is 0 Å². The number of esters is 1. The summed E-state index contributed by atoms with van der Waals surface area (Å²) in [6.07, 6.45) is 7.88. The van der Waals surface area contributed by atoms with E-state index in [9.17, 15) is 4.79 Å². The van der Waals surface area contributed by atoms with Gasteiger partial charge in [0.25, 0.3) is 0 Å². The predicted molar refractivity (Wildman–Crippen MR) is 63.2 cm³/mol. The zero-order valence-corrected chi connectivity index (χ0v) is 10.2. The Labute approximate surface area is 97.9 Å². The van der Waals surface area contributed by atoms with Crippen molar-refractivity contribution in [3.8, 4) is 0 Å². The van der Waals surface area contributed by atoms with Gasteiger partial charge in [0, 0.05) is 12.6 Å². The Hall–Kier alpha value is -0.570. The van der Waals surface area contributed by atoms with Crippen molar-refractivity contribution in [2.75, 3.05) is 6.54 Å². The standard InChI is InChI=1S/C13H23NO2/c1-10-3-2-4-12(9-10)16-13(15)7-8-14-11-5-6-11/h10-12,14H,2-9H2,1H3. The van der Waals surface area contributed by atoms with Crippen LogP contribution in [0.3, 0.4) is 0 Å². The normalized spacial score (nSPS) is 30.1. The molecule has 2 saturated carbocycles. The summed E-state index contributed by atoms with van der Waals surface area (Å²) in [4.78, 5) is 11.6. The van der Waals surface area contributed by atoms with Crippen LogP contribution in [0.5, 0.6) is 0 Å². The topological polar surface area (TPSA) is 38.3 Å². The maximum absolute atomic E-state index is 11.6. The molecule has 0 radical (unpaired) electrons. The summed E-state index contributed by atoms with van der Waals surface area (Å²) >= 11 is 0. The third-order valence-corrected chi connectivity index (χ3v) is 3.53. The highest BCUT2D eigenvalue weighted by molar-refractivity contribution is 5.69. The second-order valence-corrected chi connectivity index (χ2v) is 5.36. The van der Waals surface area contributed by atoms with E-state index >= 15 is 0 Å². The number of ether oxygens (including phenoxy) is 1. The summed E-state index contributed by atoms with van der Waals surface area (Å²) in [7, 11) is 0. The van der Waals surface area contributed by atoms with E-state index < -0.39 is 0 Å². The van der Waals surface area contributed by atoms with E-state index in [4.69, 9.17) is 4.74 Å². The second kappa shape index (κ2) is 5.67. The van der Waals surface area contributed by atoms with Crippen LogP contribution in [0.2, 0.25) is 0 Å². The average molecular weight is 225 g/mol. The minimum Gasteiger partial charge on any atom is -0.462 e. The van der Waals surface area contributed by atoms with Gasteiger partial charge in [-0.25, -0.2) is 0 Å². The number of carbonyl (C=O) groups is 1. The Bertz CT molecular complexity index is 238. The van der Waals surface area contributed by atoms with Crippen LogP contribution in [0, 0.1) is 5.92 Å². The summed E-state index contributed by atoms with van der Waals surface area (Å²) in [6, 6.07) is 0.683. The first-order valence-electron chi connectivity index (χ1n) is 6.67. The molecule has 3 heteroatoms. The fourth-order valence-corrected chi connectivity index (χ4v) is 2.40. The quantitative estimate of drug-likeness (QED) is 0.729. The van der Waals surface area contributed by atoms with Gasteiger partial charge in [0.15, 0.2) is 0 Å². The molecule has 2 unspecified atom stereocenters. The van der Waals surface area contributed by atoms with E-state index in [1.165, 1.54) is 25.7 Å². The molecular formula is C13H23NO2. The fraction of sp³-hybridized carbons (Fsp3) is 0.923. The van der Waals surface area contributed by atoms with Gasteiger partial charge in [-0.1, -0.05) is 13.3 Å². The van der Waals surface area contributed by atoms with Crippen LogP contribution >= 0.6 is 0 Å². The molecule has 2 rings (SSSR count). The highest BCUT2D eigenvalue weighted by Crippen LogP contribution is 2.26. The van der Waals surface area contributed by atoms with E-state index in [0.29, 0.717) is 12.5 Å². The third kappa shape index (κ3) is 4.12. The van der Waals surface area contributed by atoms with Crippen LogP contribution in [0.25, 0.3) is 0 Å². The van der Waals surface area contributed by atoms with Crippen LogP contribution in [-0.4, -0.2) is 24.7 Å². The van der Waals surface area contributed by atoms with Crippen LogP contribution in [0.15, 0.2) is 0 Å². The minimum atomic E-state index is -0.0211. The summed E-state index contributed by atoms with van der Waals surface area (Å²) in [5.74, 6) is 0.698. The second-order valence-electron chi connectivity index (χ2n) is 5.36. The lowest BCUT2D eigenvalue weighted by Gasteiger charge is -2.26. The lowest BCUT2D eigenvalue weighted by molar-refractivity contribution is -0.151. The summed E-state index contributed by atoms with van der Waals surface area (Å²) < 4.78 is 5.49. The molecule has 0 heterocycles. The molecule has 0 bridgehead atoms. The zero-order chi connectivity index (χ0) is 11.4. The van der Waals surface area contributed by atoms with Gasteiger partial charge in [0.05, 0.1) is 6.42 Å². The zero-order valence-electron chi connectivity index (χ0n) is 10.2. The molecule has 3 nitrogen and oxygen atoms in total. The van der Waals surface area contributed by atoms with Gasteiger partial charge >= 0.3 is 5.97 Å². The molecule has 1 N–H and O–H groups in total. The Balaban J connectivity index is 1.57. The monoisotopic (exact) mass is 225 g/mol. The molecule has 2 aliphatic carbocycles. The van der Waals surface area contributed by atoms with Crippen LogP contribution in [0.4, 0.5) is 0 Å². The molecule has 0 aromatic heterocycles. The molecule has 0 aliphatic heterocycles. The van der Waals surface area contributed by atoms with E-state index in [1.54, 1.807) is 0 Å². The summed E-state index contributed by atoms with van der Waals surface area (Å²) in [6.45, 7) is 3.03. The van der Waals surface area contributed by atoms with Gasteiger partial charge in [-0.05, 0) is 38.0 Å². The molecule has 0 amide bonds. The highest BCUT2D eigenvalue weighted by Gasteiger charge is 2.23. The molecule has 0 aromatic carbocycles. The molecule has 16 heavy (non-hydrogen) atoms. The van der Waals surface area contributed by atoms with Gasteiger partial charge in [0.2, 0.25) is 0 Å². The highest BCUT2D eigenvalue weighted by atomic mass is 16.5. The van der Waals surface area contributed by atoms with Crippen LogP contribution in [-0.2, 0) is 9.53 Å². The lowest BCUT2D eigenvalue weighted by atomic mass is 9.89. The fourth-order valence-electron chi connectivity index (χ4n) is 2.40. The van der Waals surface area contributed by atoms with Gasteiger partial charge in [0.1, 0.15) is 6.10 Å². The number of hydrogen-bond acceptors (Lipinski definition) is 3. The van der Waals surface area contributed by atoms with Crippen LogP contribution < -0.4 is 5.32 Å². The maximum atomic E-state index is 11.6. The van der Waals surface area contributed by atoms with Crippen molar-refractivity contribution in [2.24, 2.45) is 5.92 Å². The first-order valence-corrected chi connectivity index (χ1v) is 6.67. The lowest BCUT2D eigenvalue weighted by Crippen LogP contribution is -2.27. The first-order chi connectivity index (χ1) is 7.74. The SMILES string of the molecule is CC1CCCC(OC(=O)CCNC2CC2)C1. The van der Waals surface area contributed by atoms with Crippen molar-refractivity contribution < 1.29 is 9.53 Å². The third-order valence-electron chi connectivity index (χ3n) is 3.53. The van der Waals surface area contributed by atoms with E-state index in [1.807, 2.05) is 0 Å². The van der Waals surface area contributed by atoms with Crippen molar-refractivity contribution in [3.05, 3.63) is 0 Å². The Morgan fingerprint density at radius 2 is 2.12 bits per heavy atom. The average Bonchev–Trinajstić information content (AvgIpc) is 3.01. The van der Waals surface area contributed by atoms with Crippen molar-refractivity contribution in [3.63, 3.8) is 0 Å². The Kier molecular flexibility index (Phi) is 4.22. The van der Waals surface area contributed by atoms with Gasteiger partial charge in [-0.15, -0.1) is 0 Å². The van der Waals surface area contributed by atoms with Crippen molar-refractivity contribution in [2.45, 2.75) is 64.0 Å². The molecule has 2 aliphatic rings. The van der Waals surface area contributed by atoms with Gasteiger partial charge < -0.3 is 10.1 Å². The van der Waals surface area contributed by atoms with Gasteiger partial charge in [-0.3, -0.25) is 4.79 Å². The van der Waals surface area contributed by atoms with Gasteiger partial charge in [-0.2, -0.15) is 0 Å². The molecule has 0 saturated heterocycles. The molecule has 2 fully saturated rings. The molecule has 0 aromatic rings. The first kappa shape index (κ1) is 11.9. The number of hydrogen-bond donors (Lipinski definition) is 1. The summed E-state index contributed by atoms with van der Waals surface area (Å²) in [5.41, 5.74) is 0. The predicted octanol–water partition coefficient (Wildman–Crippen LogP) is 2.25. The van der Waals surface area contributed by atoms with Crippen molar-refractivity contribution in [1.82, 2.24) is 5.32 Å². The smallest absolute Gasteiger partial charge is 0.307 e. The van der Waals surface area contributed by atoms with E-state index in [0.717, 1.165) is 25.3 Å². The number of rotatable bonds is 5. The maximum Gasteiger partial charge on any atom is 0.307 e. The van der Waals surface area contributed by atoms with E-state index in [2.05, 4.69) is 12.2 Å². The Morgan fingerprint density at radius 1 is 1.31 bits per heavy atom. The number of carbonyl (C=O) groups excluding carboxylic acids is 1. The molecule has 92 valence electrons. The Morgan fingerprint density at radius 3 is 2.81 bits per heavy atom. The van der Waals surface area contributed by atoms with Crippen LogP contribution in [0.1, 0.15) is 51.9 Å². The number of nitrogens with one attached hydrogen (secondary N) is 1. The minimum absolute atomic E-state index is 0.0211.